The van der Waals surface area contributed by atoms with Crippen molar-refractivity contribution in [2.75, 3.05) is 7.11 Å². The second kappa shape index (κ2) is 11.4. The van der Waals surface area contributed by atoms with Gasteiger partial charge >= 0.3 is 30.9 Å². The molecule has 135 valence electrons. The Balaban J connectivity index is 0.00000151. The fourth-order valence-corrected chi connectivity index (χ4v) is 1.77. The zero-order chi connectivity index (χ0) is 18.7. The molecule has 0 amide bonds. The summed E-state index contributed by atoms with van der Waals surface area (Å²) in [7, 11) is 5.69. The van der Waals surface area contributed by atoms with E-state index in [1.165, 1.54) is 13.3 Å². The zero-order valence-corrected chi connectivity index (χ0v) is 15.5. The SMILES string of the molecule is COc1cc(N=Nc2ccccc2)cc(C=NNC(N)=S)c1[OH2+].[Cl][Cu+]. The molecule has 2 aromatic rings. The van der Waals surface area contributed by atoms with Crippen LogP contribution in [-0.2, 0) is 15.1 Å². The molecule has 0 aliphatic carbocycles. The van der Waals surface area contributed by atoms with Crippen LogP contribution in [0.3, 0.4) is 0 Å². The third-order valence-electron chi connectivity index (χ3n) is 2.75. The van der Waals surface area contributed by atoms with Crippen molar-refractivity contribution in [3.8, 4) is 11.5 Å². The van der Waals surface area contributed by atoms with Gasteiger partial charge in [-0.3, -0.25) is 5.43 Å². The van der Waals surface area contributed by atoms with Crippen LogP contribution >= 0.6 is 22.3 Å². The molecule has 2 aromatic carbocycles. The number of methoxy groups -OCH3 is 1. The Hall–Kier alpha value is -2.19. The van der Waals surface area contributed by atoms with Crippen LogP contribution in [0.15, 0.2) is 57.8 Å². The Labute approximate surface area is 163 Å². The van der Waals surface area contributed by atoms with Crippen LogP contribution in [0.2, 0.25) is 0 Å². The number of nitrogens with one attached hydrogen (secondary N) is 1. The summed E-state index contributed by atoms with van der Waals surface area (Å²) in [4.78, 5) is 0. The number of rotatable bonds is 5. The summed E-state index contributed by atoms with van der Waals surface area (Å²) in [6, 6.07) is 12.6. The zero-order valence-electron chi connectivity index (χ0n) is 13.0. The summed E-state index contributed by atoms with van der Waals surface area (Å²) in [5.74, 6) is 0.547. The van der Waals surface area contributed by atoms with Crippen molar-refractivity contribution < 1.29 is 24.9 Å². The van der Waals surface area contributed by atoms with E-state index < -0.39 is 0 Å². The van der Waals surface area contributed by atoms with Crippen LogP contribution in [0.5, 0.6) is 11.5 Å². The number of thiocarbonyl (C=S) groups is 1. The third kappa shape index (κ3) is 7.06. The third-order valence-corrected chi connectivity index (χ3v) is 2.84. The molecule has 25 heavy (non-hydrogen) atoms. The first kappa shape index (κ1) is 20.9. The summed E-state index contributed by atoms with van der Waals surface area (Å²) < 4.78 is 5.18. The molecule has 7 nitrogen and oxygen atoms in total. The molecule has 0 unspecified atom stereocenters. The first-order valence-electron chi connectivity index (χ1n) is 6.70. The number of benzene rings is 2. The summed E-state index contributed by atoms with van der Waals surface area (Å²) in [5, 5.41) is 20.2. The maximum atomic E-state index is 8.04. The quantitative estimate of drug-likeness (QED) is 0.190. The number of ether oxygens (including phenoxy) is 1. The second-order valence-corrected chi connectivity index (χ2v) is 4.82. The van der Waals surface area contributed by atoms with Crippen molar-refractivity contribution in [2.45, 2.75) is 0 Å². The van der Waals surface area contributed by atoms with Gasteiger partial charge in [-0.2, -0.15) is 15.3 Å². The Morgan fingerprint density at radius 2 is 1.88 bits per heavy atom. The molecule has 0 heterocycles. The van der Waals surface area contributed by atoms with Gasteiger partial charge in [0.15, 0.2) is 5.11 Å². The number of nitrogens with two attached hydrogens (primary N) is 1. The first-order valence-corrected chi connectivity index (χ1v) is 8.41. The molecular weight excluding hydrogens is 413 g/mol. The van der Waals surface area contributed by atoms with E-state index in [0.29, 0.717) is 17.0 Å². The van der Waals surface area contributed by atoms with Gasteiger partial charge in [0.1, 0.15) is 0 Å². The van der Waals surface area contributed by atoms with E-state index in [2.05, 4.69) is 58.2 Å². The van der Waals surface area contributed by atoms with E-state index in [4.69, 9.17) is 15.6 Å². The van der Waals surface area contributed by atoms with E-state index in [9.17, 15) is 0 Å². The van der Waals surface area contributed by atoms with Crippen LogP contribution in [0.1, 0.15) is 5.56 Å². The number of azo groups is 1. The van der Waals surface area contributed by atoms with Gasteiger partial charge in [0, 0.05) is 6.07 Å². The maximum absolute atomic E-state index is 8.04. The molecule has 0 aliphatic heterocycles. The predicted molar refractivity (Wildman–Crippen MR) is 100 cm³/mol. The second-order valence-electron chi connectivity index (χ2n) is 4.38. The van der Waals surface area contributed by atoms with Gasteiger partial charge in [0.05, 0.1) is 30.3 Å². The van der Waals surface area contributed by atoms with Gasteiger partial charge in [-0.15, -0.1) is 0 Å². The monoisotopic (exact) mass is 428 g/mol. The molecular formula is C15H16ClCuN5O2S+2. The summed E-state index contributed by atoms with van der Waals surface area (Å²) in [5.41, 5.74) is 9.49. The molecule has 0 atom stereocenters. The van der Waals surface area contributed by atoms with Crippen molar-refractivity contribution in [3.05, 3.63) is 48.0 Å². The number of hydrogen-bond acceptors (Lipinski definition) is 5. The van der Waals surface area contributed by atoms with E-state index in [1.807, 2.05) is 30.3 Å². The van der Waals surface area contributed by atoms with E-state index >= 15 is 0 Å². The molecule has 0 spiro atoms. The molecule has 0 saturated heterocycles. The first-order chi connectivity index (χ1) is 12.1. The molecule has 5 N–H and O–H groups in total. The summed E-state index contributed by atoms with van der Waals surface area (Å²) in [6.45, 7) is 0. The van der Waals surface area contributed by atoms with E-state index in [1.54, 1.807) is 12.1 Å². The fourth-order valence-electron chi connectivity index (χ4n) is 1.72. The average Bonchev–Trinajstić information content (AvgIpc) is 2.64. The normalized spacial score (nSPS) is 10.4. The van der Waals surface area contributed by atoms with Crippen molar-refractivity contribution in [1.29, 1.82) is 0 Å². The van der Waals surface area contributed by atoms with Crippen LogP contribution in [0.25, 0.3) is 0 Å². The molecule has 0 aromatic heterocycles. The minimum absolute atomic E-state index is 0.0414. The summed E-state index contributed by atoms with van der Waals surface area (Å²) in [6.07, 6.45) is 1.42. The van der Waals surface area contributed by atoms with Gasteiger partial charge in [0.25, 0.3) is 0 Å². The molecule has 2 rings (SSSR count). The van der Waals surface area contributed by atoms with E-state index in [-0.39, 0.29) is 10.9 Å². The van der Waals surface area contributed by atoms with Gasteiger partial charge < -0.3 is 15.6 Å². The van der Waals surface area contributed by atoms with Crippen molar-refractivity contribution in [3.63, 3.8) is 0 Å². The van der Waals surface area contributed by atoms with Gasteiger partial charge in [-0.25, -0.2) is 0 Å². The molecule has 0 radical (unpaired) electrons. The molecule has 0 aliphatic rings. The Kier molecular flexibility index (Phi) is 9.49. The predicted octanol–water partition coefficient (Wildman–Crippen LogP) is 3.40. The van der Waals surface area contributed by atoms with Crippen LogP contribution < -0.4 is 15.9 Å². The van der Waals surface area contributed by atoms with Crippen LogP contribution in [0.4, 0.5) is 11.4 Å². The summed E-state index contributed by atoms with van der Waals surface area (Å²) >= 11 is 8.32. The topological polar surface area (TPSA) is 107 Å². The van der Waals surface area contributed by atoms with Gasteiger partial charge in [-0.05, 0) is 30.4 Å². The Morgan fingerprint density at radius 1 is 1.24 bits per heavy atom. The number of hydrazone groups is 1. The van der Waals surface area contributed by atoms with Crippen LogP contribution in [0, 0.1) is 0 Å². The standard InChI is InChI=1S/C15H15N5O2S.ClH.Cu/c1-22-13-8-12(19-18-11-5-3-2-4-6-11)7-10(14(13)21)9-17-20-15(16)23;;/h2-9,21H,1H3,(H3,16,20,23);1H;/q;;+2. The molecule has 0 saturated carbocycles. The number of hydrogen-bond donors (Lipinski definition) is 2. The minimum atomic E-state index is 0.0414. The van der Waals surface area contributed by atoms with Crippen molar-refractivity contribution >= 4 is 45.0 Å². The number of nitrogens with zero attached hydrogens (tertiary/aromatic N) is 3. The van der Waals surface area contributed by atoms with Gasteiger partial charge in [-0.1, -0.05) is 18.2 Å². The Morgan fingerprint density at radius 3 is 2.48 bits per heavy atom. The molecule has 10 heteroatoms. The molecule has 0 bridgehead atoms. The fraction of sp³-hybridized carbons (Fsp3) is 0.0667. The van der Waals surface area contributed by atoms with Crippen LogP contribution in [-0.4, -0.2) is 23.5 Å². The van der Waals surface area contributed by atoms with Gasteiger partial charge in [0.2, 0.25) is 5.75 Å². The Bertz CT molecular complexity index is 759. The van der Waals surface area contributed by atoms with E-state index in [0.717, 1.165) is 5.69 Å². The van der Waals surface area contributed by atoms with Crippen molar-refractivity contribution in [1.82, 2.24) is 5.43 Å². The number of halogens is 1. The van der Waals surface area contributed by atoms with Crippen molar-refractivity contribution in [2.24, 2.45) is 21.1 Å². The molecule has 0 fully saturated rings. The average molecular weight is 429 g/mol.